The van der Waals surface area contributed by atoms with Crippen LogP contribution in [0.5, 0.6) is 11.5 Å². The van der Waals surface area contributed by atoms with E-state index in [0.717, 1.165) is 0 Å². The van der Waals surface area contributed by atoms with Gasteiger partial charge in [0, 0.05) is 18.1 Å². The van der Waals surface area contributed by atoms with E-state index < -0.39 is 6.04 Å². The molecule has 0 bridgehead atoms. The number of amides is 2. The van der Waals surface area contributed by atoms with Gasteiger partial charge in [0.25, 0.3) is 5.91 Å². The van der Waals surface area contributed by atoms with E-state index in [0.29, 0.717) is 48.1 Å². The molecule has 0 aliphatic carbocycles. The number of benzene rings is 2. The quantitative estimate of drug-likeness (QED) is 0.798. The third-order valence-corrected chi connectivity index (χ3v) is 5.46. The maximum atomic E-state index is 12.9. The summed E-state index contributed by atoms with van der Waals surface area (Å²) in [6.45, 7) is 1.26. The van der Waals surface area contributed by atoms with Crippen LogP contribution < -0.4 is 9.64 Å². The Morgan fingerprint density at radius 2 is 1.50 bits per heavy atom. The molecule has 2 aliphatic rings. The average molecular weight is 401 g/mol. The predicted molar refractivity (Wildman–Crippen MR) is 106 cm³/mol. The van der Waals surface area contributed by atoms with Gasteiger partial charge >= 0.3 is 0 Å². The number of carbonyl (C=O) groups excluding carboxylic acids is 2. The minimum absolute atomic E-state index is 0.179. The lowest BCUT2D eigenvalue weighted by atomic mass is 10.1. The summed E-state index contributed by atoms with van der Waals surface area (Å²) in [5.41, 5.74) is 0.540. The summed E-state index contributed by atoms with van der Waals surface area (Å²) in [6, 6.07) is 13.5. The van der Waals surface area contributed by atoms with Crippen LogP contribution in [0.25, 0.3) is 0 Å². The van der Waals surface area contributed by atoms with E-state index in [1.807, 2.05) is 4.90 Å². The molecule has 7 heteroatoms. The standard InChI is InChI=1S/C21H21ClN2O4/c22-14-1-5-17(6-2-14)28-18-7-3-15(4-8-18)24-20(26)13-19(21(24)27)23-11-9-16(25)10-12-23/h1-8,16,19,25H,9-13H2/t19-/m0/s1. The average Bonchev–Trinajstić information content (AvgIpc) is 2.99. The normalized spacial score (nSPS) is 21.4. The zero-order valence-corrected chi connectivity index (χ0v) is 16.0. The fourth-order valence-electron chi connectivity index (χ4n) is 3.67. The fourth-order valence-corrected chi connectivity index (χ4v) is 3.80. The zero-order chi connectivity index (χ0) is 19.7. The Balaban J connectivity index is 1.45. The molecule has 0 saturated carbocycles. The predicted octanol–water partition coefficient (Wildman–Crippen LogP) is 3.22. The van der Waals surface area contributed by atoms with Gasteiger partial charge < -0.3 is 9.84 Å². The molecule has 2 aromatic rings. The van der Waals surface area contributed by atoms with E-state index in [4.69, 9.17) is 16.3 Å². The number of anilines is 1. The maximum Gasteiger partial charge on any atom is 0.251 e. The topological polar surface area (TPSA) is 70.1 Å². The van der Waals surface area contributed by atoms with Gasteiger partial charge in [0.15, 0.2) is 0 Å². The summed E-state index contributed by atoms with van der Waals surface area (Å²) in [6.07, 6.45) is 1.13. The van der Waals surface area contributed by atoms with Crippen molar-refractivity contribution >= 4 is 29.1 Å². The molecule has 0 radical (unpaired) electrons. The first-order valence-electron chi connectivity index (χ1n) is 9.33. The molecule has 2 aliphatic heterocycles. The molecule has 2 fully saturated rings. The SMILES string of the molecule is O=C1C[C@H](N2CCC(O)CC2)C(=O)N1c1ccc(Oc2ccc(Cl)cc2)cc1. The molecule has 4 rings (SSSR count). The van der Waals surface area contributed by atoms with Crippen LogP contribution in [0.3, 0.4) is 0 Å². The number of imide groups is 1. The van der Waals surface area contributed by atoms with Crippen molar-refractivity contribution in [3.05, 3.63) is 53.6 Å². The molecule has 2 amide bonds. The summed E-state index contributed by atoms with van der Waals surface area (Å²) in [7, 11) is 0. The molecular weight excluding hydrogens is 380 g/mol. The number of hydrogen-bond acceptors (Lipinski definition) is 5. The van der Waals surface area contributed by atoms with Gasteiger partial charge in [-0.2, -0.15) is 0 Å². The van der Waals surface area contributed by atoms with Gasteiger partial charge in [0.05, 0.1) is 24.3 Å². The van der Waals surface area contributed by atoms with Gasteiger partial charge in [-0.25, -0.2) is 4.90 Å². The third-order valence-electron chi connectivity index (χ3n) is 5.21. The summed E-state index contributed by atoms with van der Waals surface area (Å²) in [5, 5.41) is 10.3. The van der Waals surface area contributed by atoms with Gasteiger partial charge in [0.2, 0.25) is 5.91 Å². The van der Waals surface area contributed by atoms with Crippen molar-refractivity contribution in [3.63, 3.8) is 0 Å². The van der Waals surface area contributed by atoms with E-state index in [9.17, 15) is 14.7 Å². The van der Waals surface area contributed by atoms with Crippen molar-refractivity contribution in [2.24, 2.45) is 0 Å². The number of nitrogens with zero attached hydrogens (tertiary/aromatic N) is 2. The van der Waals surface area contributed by atoms with Crippen molar-refractivity contribution in [1.29, 1.82) is 0 Å². The van der Waals surface area contributed by atoms with Crippen LogP contribution in [-0.2, 0) is 9.59 Å². The molecule has 2 saturated heterocycles. The number of carbonyl (C=O) groups is 2. The van der Waals surface area contributed by atoms with Crippen molar-refractivity contribution in [3.8, 4) is 11.5 Å². The molecule has 0 spiro atoms. The first-order valence-corrected chi connectivity index (χ1v) is 9.71. The molecule has 28 heavy (non-hydrogen) atoms. The summed E-state index contributed by atoms with van der Waals surface area (Å²) >= 11 is 5.87. The first-order chi connectivity index (χ1) is 13.5. The lowest BCUT2D eigenvalue weighted by molar-refractivity contribution is -0.123. The molecule has 0 unspecified atom stereocenters. The highest BCUT2D eigenvalue weighted by Crippen LogP contribution is 2.30. The summed E-state index contributed by atoms with van der Waals surface area (Å²) in [4.78, 5) is 28.6. The van der Waals surface area contributed by atoms with Crippen molar-refractivity contribution in [2.45, 2.75) is 31.4 Å². The number of rotatable bonds is 4. The Labute approximate surface area is 168 Å². The largest absolute Gasteiger partial charge is 0.457 e. The van der Waals surface area contributed by atoms with Crippen molar-refractivity contribution in [2.75, 3.05) is 18.0 Å². The summed E-state index contributed by atoms with van der Waals surface area (Å²) < 4.78 is 5.75. The van der Waals surface area contributed by atoms with Crippen LogP contribution in [0.2, 0.25) is 5.02 Å². The van der Waals surface area contributed by atoms with Crippen molar-refractivity contribution < 1.29 is 19.4 Å². The Bertz CT molecular complexity index is 861. The van der Waals surface area contributed by atoms with Gasteiger partial charge in [0.1, 0.15) is 11.5 Å². The molecule has 2 heterocycles. The number of hydrogen-bond donors (Lipinski definition) is 1. The Morgan fingerprint density at radius 1 is 0.929 bits per heavy atom. The molecule has 1 N–H and O–H groups in total. The van der Waals surface area contributed by atoms with E-state index in [-0.39, 0.29) is 24.3 Å². The lowest BCUT2D eigenvalue weighted by Crippen LogP contribution is -2.46. The van der Waals surface area contributed by atoms with E-state index in [2.05, 4.69) is 0 Å². The van der Waals surface area contributed by atoms with Crippen LogP contribution in [0.1, 0.15) is 19.3 Å². The fraction of sp³-hybridized carbons (Fsp3) is 0.333. The maximum absolute atomic E-state index is 12.9. The highest BCUT2D eigenvalue weighted by molar-refractivity contribution is 6.30. The second-order valence-electron chi connectivity index (χ2n) is 7.10. The number of halogens is 1. The highest BCUT2D eigenvalue weighted by atomic mass is 35.5. The number of piperidine rings is 1. The first kappa shape index (κ1) is 18.9. The van der Waals surface area contributed by atoms with E-state index in [1.54, 1.807) is 48.5 Å². The second-order valence-corrected chi connectivity index (χ2v) is 7.54. The third kappa shape index (κ3) is 3.90. The number of ether oxygens (including phenoxy) is 1. The number of aliphatic hydroxyl groups is 1. The number of likely N-dealkylation sites (tertiary alicyclic amines) is 1. The molecule has 0 aromatic heterocycles. The van der Waals surface area contributed by atoms with Crippen molar-refractivity contribution in [1.82, 2.24) is 4.90 Å². The molecule has 146 valence electrons. The van der Waals surface area contributed by atoms with Gasteiger partial charge in [-0.3, -0.25) is 14.5 Å². The lowest BCUT2D eigenvalue weighted by Gasteiger charge is -2.32. The smallest absolute Gasteiger partial charge is 0.251 e. The van der Waals surface area contributed by atoms with Crippen LogP contribution in [0, 0.1) is 0 Å². The Hall–Kier alpha value is -2.41. The molecule has 1 atom stereocenters. The minimum atomic E-state index is -0.440. The summed E-state index contributed by atoms with van der Waals surface area (Å²) in [5.74, 6) is 0.852. The molecular formula is C21H21ClN2O4. The monoisotopic (exact) mass is 400 g/mol. The highest BCUT2D eigenvalue weighted by Gasteiger charge is 2.43. The Kier molecular flexibility index (Phi) is 5.35. The second kappa shape index (κ2) is 7.91. The van der Waals surface area contributed by atoms with E-state index in [1.165, 1.54) is 4.90 Å². The van der Waals surface area contributed by atoms with Crippen LogP contribution >= 0.6 is 11.6 Å². The van der Waals surface area contributed by atoms with Crippen LogP contribution in [0.15, 0.2) is 48.5 Å². The van der Waals surface area contributed by atoms with Gasteiger partial charge in [-0.1, -0.05) is 11.6 Å². The number of aliphatic hydroxyl groups excluding tert-OH is 1. The molecule has 6 nitrogen and oxygen atoms in total. The zero-order valence-electron chi connectivity index (χ0n) is 15.3. The Morgan fingerprint density at radius 3 is 2.11 bits per heavy atom. The van der Waals surface area contributed by atoms with E-state index >= 15 is 0 Å². The van der Waals surface area contributed by atoms with Gasteiger partial charge in [-0.05, 0) is 61.4 Å². The molecule has 2 aromatic carbocycles. The van der Waals surface area contributed by atoms with Crippen LogP contribution in [0.4, 0.5) is 5.69 Å². The van der Waals surface area contributed by atoms with Gasteiger partial charge in [-0.15, -0.1) is 0 Å². The minimum Gasteiger partial charge on any atom is -0.457 e. The van der Waals surface area contributed by atoms with Crippen LogP contribution in [-0.4, -0.2) is 47.1 Å².